The molecule has 0 spiro atoms. The topological polar surface area (TPSA) is 129 Å². The molecule has 1 aliphatic heterocycles. The molecule has 3 N–H and O–H groups in total. The zero-order valence-electron chi connectivity index (χ0n) is 19.8. The van der Waals surface area contributed by atoms with Crippen molar-refractivity contribution in [2.45, 2.75) is 24.3 Å². The van der Waals surface area contributed by atoms with Crippen LogP contribution in [0.25, 0.3) is 11.1 Å². The number of nitrogens with zero attached hydrogens (tertiary/aromatic N) is 3. The number of hydrogen-bond acceptors (Lipinski definition) is 7. The Kier molecular flexibility index (Phi) is 5.97. The lowest BCUT2D eigenvalue weighted by Crippen LogP contribution is -2.13. The second-order valence-electron chi connectivity index (χ2n) is 8.74. The normalized spacial score (nSPS) is 14.7. The number of aromatic nitrogens is 3. The number of nitrogens with two attached hydrogens (primary N) is 1. The van der Waals surface area contributed by atoms with Crippen molar-refractivity contribution in [1.29, 1.82) is 0 Å². The number of carbonyl (C=O) groups excluding carboxylic acids is 1. The molecule has 3 heterocycles. The number of aryl methyl sites for hydroxylation is 2. The Balaban J connectivity index is 1.32. The van der Waals surface area contributed by atoms with E-state index < -0.39 is 9.84 Å². The van der Waals surface area contributed by atoms with E-state index >= 15 is 0 Å². The first-order chi connectivity index (χ1) is 17.2. The Morgan fingerprint density at radius 2 is 1.97 bits per heavy atom. The summed E-state index contributed by atoms with van der Waals surface area (Å²) in [6.45, 7) is 1.88. The lowest BCUT2D eigenvalue weighted by atomic mass is 10.1. The summed E-state index contributed by atoms with van der Waals surface area (Å²) < 4.78 is 32.3. The molecule has 10 heteroatoms. The molecule has 0 bridgehead atoms. The van der Waals surface area contributed by atoms with Gasteiger partial charge in [-0.15, -0.1) is 0 Å². The lowest BCUT2D eigenvalue weighted by Gasteiger charge is -2.17. The number of benzene rings is 2. The van der Waals surface area contributed by atoms with Gasteiger partial charge in [0, 0.05) is 41.8 Å². The van der Waals surface area contributed by atoms with Crippen molar-refractivity contribution in [2.75, 3.05) is 16.8 Å². The molecule has 2 aromatic heterocycles. The maximum absolute atomic E-state index is 12.8. The molecule has 4 aromatic rings. The molecule has 2 aromatic carbocycles. The number of ether oxygens (including phenoxy) is 1. The smallest absolute Gasteiger partial charge is 0.255 e. The number of carbonyl (C=O) groups is 1. The van der Waals surface area contributed by atoms with E-state index in [0.29, 0.717) is 23.4 Å². The minimum atomic E-state index is -3.32. The van der Waals surface area contributed by atoms with E-state index in [1.807, 2.05) is 38.4 Å². The first kappa shape index (κ1) is 23.6. The van der Waals surface area contributed by atoms with Crippen LogP contribution in [-0.2, 0) is 23.3 Å². The van der Waals surface area contributed by atoms with E-state index in [-0.39, 0.29) is 28.5 Å². The molecule has 0 saturated carbocycles. The average Bonchev–Trinajstić information content (AvgIpc) is 3.43. The number of fused-ring (bicyclic) bond motifs is 1. The summed E-state index contributed by atoms with van der Waals surface area (Å²) in [5.41, 5.74) is 10.2. The van der Waals surface area contributed by atoms with Crippen molar-refractivity contribution in [2.24, 2.45) is 7.05 Å². The number of amides is 1. The molecule has 0 saturated heterocycles. The van der Waals surface area contributed by atoms with Gasteiger partial charge in [-0.3, -0.25) is 9.48 Å². The number of hydrogen-bond donors (Lipinski definition) is 2. The number of pyridine rings is 1. The number of rotatable bonds is 6. The molecule has 0 fully saturated rings. The van der Waals surface area contributed by atoms with E-state index in [1.165, 1.54) is 6.07 Å². The van der Waals surface area contributed by atoms with Crippen LogP contribution in [0.1, 0.15) is 34.5 Å². The summed E-state index contributed by atoms with van der Waals surface area (Å²) in [5.74, 6) is 0.407. The van der Waals surface area contributed by atoms with Gasteiger partial charge in [0.25, 0.3) is 5.91 Å². The minimum absolute atomic E-state index is 0.0819. The lowest BCUT2D eigenvalue weighted by molar-refractivity contribution is 0.102. The van der Waals surface area contributed by atoms with Gasteiger partial charge in [0.15, 0.2) is 21.4 Å². The summed E-state index contributed by atoms with van der Waals surface area (Å²) in [7, 11) is -1.48. The highest BCUT2D eigenvalue weighted by atomic mass is 32.2. The molecular weight excluding hydrogens is 478 g/mol. The van der Waals surface area contributed by atoms with E-state index in [2.05, 4.69) is 15.4 Å². The SMILES string of the molecule is C[C@@H](Oc1cc(-c2cnn(C)c2)cnc1N)c1cccc(NC(=O)c2ccc3c(c2)S(=O)(=O)CC3)c1. The summed E-state index contributed by atoms with van der Waals surface area (Å²) in [6.07, 6.45) is 5.38. The maximum atomic E-state index is 12.8. The number of anilines is 2. The molecule has 1 aliphatic rings. The van der Waals surface area contributed by atoms with Gasteiger partial charge in [-0.05, 0) is 54.8 Å². The molecule has 1 atom stereocenters. The van der Waals surface area contributed by atoms with Crippen LogP contribution in [0.5, 0.6) is 5.75 Å². The molecule has 9 nitrogen and oxygen atoms in total. The first-order valence-corrected chi connectivity index (χ1v) is 13.0. The monoisotopic (exact) mass is 503 g/mol. The van der Waals surface area contributed by atoms with E-state index in [9.17, 15) is 13.2 Å². The zero-order valence-corrected chi connectivity index (χ0v) is 20.6. The van der Waals surface area contributed by atoms with Crippen LogP contribution in [-0.4, -0.2) is 34.8 Å². The van der Waals surface area contributed by atoms with E-state index in [0.717, 1.165) is 22.3 Å². The van der Waals surface area contributed by atoms with Gasteiger partial charge in [0.2, 0.25) is 0 Å². The van der Waals surface area contributed by atoms with Crippen molar-refractivity contribution in [3.05, 3.63) is 83.8 Å². The third-order valence-electron chi connectivity index (χ3n) is 6.14. The summed E-state index contributed by atoms with van der Waals surface area (Å²) in [6, 6.07) is 13.9. The van der Waals surface area contributed by atoms with Crippen LogP contribution in [0.2, 0.25) is 0 Å². The van der Waals surface area contributed by atoms with Gasteiger partial charge < -0.3 is 15.8 Å². The standard InChI is InChI=1S/C26H25N5O4S/c1-16(35-23-11-20(13-28-25(23)27)21-14-29-31(2)15-21)18-4-3-5-22(10-18)30-26(32)19-7-6-17-8-9-36(33,34)24(17)12-19/h3-7,10-16H,8-9H2,1-2H3,(H2,27,28)(H,30,32)/t16-/m1/s1. The number of sulfone groups is 1. The third kappa shape index (κ3) is 4.67. The Morgan fingerprint density at radius 1 is 1.14 bits per heavy atom. The van der Waals surface area contributed by atoms with Crippen LogP contribution < -0.4 is 15.8 Å². The Bertz CT molecular complexity index is 1580. The largest absolute Gasteiger partial charge is 0.482 e. The van der Waals surface area contributed by atoms with Crippen LogP contribution in [0.15, 0.2) is 72.0 Å². The predicted octanol–water partition coefficient (Wildman–Crippen LogP) is 3.79. The van der Waals surface area contributed by atoms with E-state index in [4.69, 9.17) is 10.5 Å². The maximum Gasteiger partial charge on any atom is 0.255 e. The van der Waals surface area contributed by atoms with Gasteiger partial charge in [-0.2, -0.15) is 5.10 Å². The van der Waals surface area contributed by atoms with Gasteiger partial charge in [-0.25, -0.2) is 13.4 Å². The molecule has 0 aliphatic carbocycles. The fourth-order valence-corrected chi connectivity index (χ4v) is 5.74. The highest BCUT2D eigenvalue weighted by Crippen LogP contribution is 2.31. The zero-order chi connectivity index (χ0) is 25.4. The number of nitrogen functional groups attached to an aromatic ring is 1. The molecular formula is C26H25N5O4S. The van der Waals surface area contributed by atoms with Crippen LogP contribution in [0.3, 0.4) is 0 Å². The van der Waals surface area contributed by atoms with Crippen LogP contribution >= 0.6 is 0 Å². The van der Waals surface area contributed by atoms with Crippen molar-refractivity contribution in [1.82, 2.24) is 14.8 Å². The molecule has 184 valence electrons. The molecule has 36 heavy (non-hydrogen) atoms. The van der Waals surface area contributed by atoms with Crippen molar-refractivity contribution in [3.8, 4) is 16.9 Å². The quantitative estimate of drug-likeness (QED) is 0.410. The Morgan fingerprint density at radius 3 is 2.75 bits per heavy atom. The van der Waals surface area contributed by atoms with Crippen molar-refractivity contribution >= 4 is 27.2 Å². The average molecular weight is 504 g/mol. The molecule has 1 amide bonds. The van der Waals surface area contributed by atoms with Crippen molar-refractivity contribution in [3.63, 3.8) is 0 Å². The van der Waals surface area contributed by atoms with E-state index in [1.54, 1.807) is 41.3 Å². The second-order valence-corrected chi connectivity index (χ2v) is 10.8. The molecule has 0 unspecified atom stereocenters. The highest BCUT2D eigenvalue weighted by Gasteiger charge is 2.27. The Hall–Kier alpha value is -4.18. The third-order valence-corrected chi connectivity index (χ3v) is 7.93. The fourth-order valence-electron chi connectivity index (χ4n) is 4.15. The fraction of sp³-hybridized carbons (Fsp3) is 0.192. The summed E-state index contributed by atoms with van der Waals surface area (Å²) >= 11 is 0. The number of nitrogens with one attached hydrogen (secondary N) is 1. The van der Waals surface area contributed by atoms with Gasteiger partial charge >= 0.3 is 0 Å². The van der Waals surface area contributed by atoms with Crippen LogP contribution in [0.4, 0.5) is 11.5 Å². The van der Waals surface area contributed by atoms with Crippen molar-refractivity contribution < 1.29 is 17.9 Å². The molecule has 0 radical (unpaired) electrons. The highest BCUT2D eigenvalue weighted by molar-refractivity contribution is 7.91. The minimum Gasteiger partial charge on any atom is -0.482 e. The first-order valence-electron chi connectivity index (χ1n) is 11.4. The molecule has 5 rings (SSSR count). The summed E-state index contributed by atoms with van der Waals surface area (Å²) in [4.78, 5) is 17.3. The van der Waals surface area contributed by atoms with Gasteiger partial charge in [0.1, 0.15) is 6.10 Å². The van der Waals surface area contributed by atoms with Crippen LogP contribution in [0, 0.1) is 0 Å². The Labute approximate surface area is 208 Å². The van der Waals surface area contributed by atoms with Gasteiger partial charge in [0.05, 0.1) is 16.8 Å². The summed E-state index contributed by atoms with van der Waals surface area (Å²) in [5, 5.41) is 7.03. The van der Waals surface area contributed by atoms with Gasteiger partial charge in [-0.1, -0.05) is 18.2 Å². The second kappa shape index (κ2) is 9.12. The predicted molar refractivity (Wildman–Crippen MR) is 136 cm³/mol.